The van der Waals surface area contributed by atoms with E-state index in [0.717, 1.165) is 0 Å². The molecule has 2 rings (SSSR count). The van der Waals surface area contributed by atoms with Gasteiger partial charge in [0.1, 0.15) is 0 Å². The fourth-order valence-corrected chi connectivity index (χ4v) is 4.32. The molecular formula is C12H16O3S. The molecule has 0 amide bonds. The zero-order chi connectivity index (χ0) is 11.9. The van der Waals surface area contributed by atoms with Crippen LogP contribution in [0.25, 0.3) is 0 Å². The van der Waals surface area contributed by atoms with Gasteiger partial charge in [0.15, 0.2) is 9.84 Å². The third-order valence-corrected chi connectivity index (χ3v) is 5.11. The topological polar surface area (TPSA) is 54.4 Å². The molecule has 0 aromatic heterocycles. The summed E-state index contributed by atoms with van der Waals surface area (Å²) in [7, 11) is -3.23. The van der Waals surface area contributed by atoms with Crippen molar-refractivity contribution in [3.8, 4) is 0 Å². The van der Waals surface area contributed by atoms with Crippen LogP contribution in [-0.2, 0) is 9.84 Å². The summed E-state index contributed by atoms with van der Waals surface area (Å²) >= 11 is 0. The Labute approximate surface area is 96.0 Å². The highest BCUT2D eigenvalue weighted by Gasteiger charge is 2.37. The van der Waals surface area contributed by atoms with Crippen LogP contribution in [0, 0.1) is 11.8 Å². The Morgan fingerprint density at radius 2 is 1.94 bits per heavy atom. The Morgan fingerprint density at radius 1 is 1.31 bits per heavy atom. The van der Waals surface area contributed by atoms with Crippen LogP contribution in [0.1, 0.15) is 25.5 Å². The molecule has 3 nitrogen and oxygen atoms in total. The monoisotopic (exact) mass is 240 g/mol. The van der Waals surface area contributed by atoms with Crippen molar-refractivity contribution in [3.63, 3.8) is 0 Å². The highest BCUT2D eigenvalue weighted by Crippen LogP contribution is 2.38. The Bertz CT molecular complexity index is 491. The molecule has 0 saturated carbocycles. The second-order valence-corrected chi connectivity index (χ2v) is 6.67. The van der Waals surface area contributed by atoms with Gasteiger partial charge in [-0.1, -0.05) is 32.0 Å². The van der Waals surface area contributed by atoms with Crippen molar-refractivity contribution in [2.75, 3.05) is 5.75 Å². The van der Waals surface area contributed by atoms with E-state index in [1.807, 2.05) is 13.8 Å². The molecule has 16 heavy (non-hydrogen) atoms. The molecule has 4 heteroatoms. The van der Waals surface area contributed by atoms with E-state index in [1.54, 1.807) is 24.3 Å². The Kier molecular flexibility index (Phi) is 2.80. The van der Waals surface area contributed by atoms with Gasteiger partial charge in [-0.15, -0.1) is 0 Å². The number of fused-ring (bicyclic) bond motifs is 1. The Balaban J connectivity index is 2.58. The van der Waals surface area contributed by atoms with Crippen LogP contribution >= 0.6 is 0 Å². The molecular weight excluding hydrogens is 224 g/mol. The third-order valence-electron chi connectivity index (χ3n) is 3.25. The van der Waals surface area contributed by atoms with Crippen LogP contribution in [0.4, 0.5) is 0 Å². The van der Waals surface area contributed by atoms with E-state index in [9.17, 15) is 13.5 Å². The zero-order valence-electron chi connectivity index (χ0n) is 9.42. The number of hydrogen-bond acceptors (Lipinski definition) is 3. The van der Waals surface area contributed by atoms with E-state index < -0.39 is 15.9 Å². The maximum Gasteiger partial charge on any atom is 0.179 e. The summed E-state index contributed by atoms with van der Waals surface area (Å²) in [4.78, 5) is 0.291. The maximum atomic E-state index is 12.0. The van der Waals surface area contributed by atoms with Crippen LogP contribution < -0.4 is 0 Å². The van der Waals surface area contributed by atoms with Gasteiger partial charge in [0.2, 0.25) is 0 Å². The fourth-order valence-electron chi connectivity index (χ4n) is 2.23. The summed E-state index contributed by atoms with van der Waals surface area (Å²) < 4.78 is 24.0. The lowest BCUT2D eigenvalue weighted by Crippen LogP contribution is -2.32. The van der Waals surface area contributed by atoms with Gasteiger partial charge in [0.25, 0.3) is 0 Å². The van der Waals surface area contributed by atoms with Gasteiger partial charge in [-0.05, 0) is 17.5 Å². The molecule has 0 radical (unpaired) electrons. The van der Waals surface area contributed by atoms with Gasteiger partial charge >= 0.3 is 0 Å². The van der Waals surface area contributed by atoms with Gasteiger partial charge < -0.3 is 5.11 Å². The molecule has 1 aromatic rings. The molecule has 1 aliphatic rings. The van der Waals surface area contributed by atoms with E-state index in [2.05, 4.69) is 0 Å². The molecule has 1 heterocycles. The molecule has 1 aromatic carbocycles. The van der Waals surface area contributed by atoms with Crippen molar-refractivity contribution in [2.45, 2.75) is 24.8 Å². The van der Waals surface area contributed by atoms with E-state index in [4.69, 9.17) is 0 Å². The Morgan fingerprint density at radius 3 is 2.56 bits per heavy atom. The van der Waals surface area contributed by atoms with Gasteiger partial charge in [0.05, 0.1) is 16.8 Å². The molecule has 1 N–H and O–H groups in total. The van der Waals surface area contributed by atoms with Crippen molar-refractivity contribution < 1.29 is 13.5 Å². The summed E-state index contributed by atoms with van der Waals surface area (Å²) in [6.45, 7) is 3.88. The SMILES string of the molecule is CC(C)C1CS(=O)(=O)c2ccccc2C1O. The first-order valence-corrected chi connectivity index (χ1v) is 7.08. The van der Waals surface area contributed by atoms with Crippen LogP contribution in [0.2, 0.25) is 0 Å². The number of aliphatic hydroxyl groups excluding tert-OH is 1. The van der Waals surface area contributed by atoms with Gasteiger partial charge in [0, 0.05) is 5.92 Å². The van der Waals surface area contributed by atoms with E-state index in [1.165, 1.54) is 0 Å². The second-order valence-electron chi connectivity index (χ2n) is 4.67. The van der Waals surface area contributed by atoms with Crippen LogP contribution in [0.3, 0.4) is 0 Å². The minimum Gasteiger partial charge on any atom is -0.388 e. The maximum absolute atomic E-state index is 12.0. The molecule has 0 aliphatic carbocycles. The molecule has 0 spiro atoms. The molecule has 0 bridgehead atoms. The highest BCUT2D eigenvalue weighted by molar-refractivity contribution is 7.91. The minimum atomic E-state index is -3.23. The molecule has 2 atom stereocenters. The van der Waals surface area contributed by atoms with Crippen molar-refractivity contribution in [1.82, 2.24) is 0 Å². The fraction of sp³-hybridized carbons (Fsp3) is 0.500. The molecule has 2 unspecified atom stereocenters. The summed E-state index contributed by atoms with van der Waals surface area (Å²) in [5.74, 6) is -0.0129. The van der Waals surface area contributed by atoms with Crippen molar-refractivity contribution in [2.24, 2.45) is 11.8 Å². The molecule has 0 saturated heterocycles. The average Bonchev–Trinajstić information content (AvgIpc) is 2.23. The normalized spacial score (nSPS) is 27.8. The largest absolute Gasteiger partial charge is 0.388 e. The predicted molar refractivity (Wildman–Crippen MR) is 61.8 cm³/mol. The summed E-state index contributed by atoms with van der Waals surface area (Å²) in [6, 6.07) is 6.73. The van der Waals surface area contributed by atoms with Crippen molar-refractivity contribution >= 4 is 9.84 Å². The number of benzene rings is 1. The zero-order valence-corrected chi connectivity index (χ0v) is 10.2. The standard InChI is InChI=1S/C12H16O3S/c1-8(2)10-7-16(14,15)11-6-4-3-5-9(11)12(10)13/h3-6,8,10,12-13H,7H2,1-2H3. The minimum absolute atomic E-state index is 0.0445. The third kappa shape index (κ3) is 1.76. The first kappa shape index (κ1) is 11.6. The predicted octanol–water partition coefficient (Wildman–Crippen LogP) is 1.78. The van der Waals surface area contributed by atoms with Crippen LogP contribution in [0.5, 0.6) is 0 Å². The number of aliphatic hydroxyl groups is 1. The smallest absolute Gasteiger partial charge is 0.179 e. The Hall–Kier alpha value is -0.870. The number of rotatable bonds is 1. The van der Waals surface area contributed by atoms with E-state index in [-0.39, 0.29) is 17.6 Å². The number of sulfone groups is 1. The summed E-state index contributed by atoms with van der Waals surface area (Å²) in [6.07, 6.45) is -0.667. The van der Waals surface area contributed by atoms with Gasteiger partial charge in [-0.2, -0.15) is 0 Å². The van der Waals surface area contributed by atoms with Crippen molar-refractivity contribution in [1.29, 1.82) is 0 Å². The summed E-state index contributed by atoms with van der Waals surface area (Å²) in [5.41, 5.74) is 0.549. The molecule has 88 valence electrons. The van der Waals surface area contributed by atoms with E-state index >= 15 is 0 Å². The van der Waals surface area contributed by atoms with Gasteiger partial charge in [-0.25, -0.2) is 8.42 Å². The van der Waals surface area contributed by atoms with Crippen LogP contribution in [-0.4, -0.2) is 19.3 Å². The lowest BCUT2D eigenvalue weighted by atomic mass is 9.87. The quantitative estimate of drug-likeness (QED) is 0.814. The molecule has 0 fully saturated rings. The highest BCUT2D eigenvalue weighted by atomic mass is 32.2. The first-order chi connectivity index (χ1) is 7.43. The lowest BCUT2D eigenvalue weighted by molar-refractivity contribution is 0.0878. The molecule has 1 aliphatic heterocycles. The van der Waals surface area contributed by atoms with E-state index in [0.29, 0.717) is 10.5 Å². The second kappa shape index (κ2) is 3.86. The summed E-state index contributed by atoms with van der Waals surface area (Å²) in [5, 5.41) is 10.2. The van der Waals surface area contributed by atoms with Crippen LogP contribution in [0.15, 0.2) is 29.2 Å². The van der Waals surface area contributed by atoms with Gasteiger partial charge in [-0.3, -0.25) is 0 Å². The number of hydrogen-bond donors (Lipinski definition) is 1. The average molecular weight is 240 g/mol. The first-order valence-electron chi connectivity index (χ1n) is 5.43. The van der Waals surface area contributed by atoms with Crippen molar-refractivity contribution in [3.05, 3.63) is 29.8 Å². The lowest BCUT2D eigenvalue weighted by Gasteiger charge is -2.32.